The number of para-hydroxylation sites is 1. The molecule has 1 saturated heterocycles. The average Bonchev–Trinajstić information content (AvgIpc) is 3.19. The summed E-state index contributed by atoms with van der Waals surface area (Å²) < 4.78 is 7.38. The Morgan fingerprint density at radius 1 is 1.40 bits per heavy atom. The molecule has 25 heavy (non-hydrogen) atoms. The molecule has 0 aliphatic carbocycles. The van der Waals surface area contributed by atoms with Crippen LogP contribution in [0.3, 0.4) is 0 Å². The third kappa shape index (κ3) is 3.65. The van der Waals surface area contributed by atoms with Crippen LogP contribution in [0.4, 0.5) is 0 Å². The van der Waals surface area contributed by atoms with Gasteiger partial charge in [0.1, 0.15) is 5.69 Å². The second-order valence-corrected chi connectivity index (χ2v) is 6.65. The lowest BCUT2D eigenvalue weighted by molar-refractivity contribution is -0.137. The molecule has 1 aliphatic heterocycles. The van der Waals surface area contributed by atoms with Crippen LogP contribution in [0.5, 0.6) is 0 Å². The number of carboxylic acids is 1. The average molecular weight is 365 g/mol. The van der Waals surface area contributed by atoms with Gasteiger partial charge in [0.15, 0.2) is 0 Å². The number of aromatic nitrogens is 1. The molecule has 134 valence electrons. The van der Waals surface area contributed by atoms with Crippen LogP contribution in [0.1, 0.15) is 29.8 Å². The van der Waals surface area contributed by atoms with E-state index in [0.29, 0.717) is 23.9 Å². The Morgan fingerprint density at radius 3 is 2.80 bits per heavy atom. The normalized spacial score (nSPS) is 17.1. The fourth-order valence-corrected chi connectivity index (χ4v) is 3.64. The van der Waals surface area contributed by atoms with E-state index in [2.05, 4.69) is 0 Å². The minimum atomic E-state index is -0.937. The first-order valence-corrected chi connectivity index (χ1v) is 8.72. The first-order chi connectivity index (χ1) is 12.0. The van der Waals surface area contributed by atoms with Crippen molar-refractivity contribution in [1.29, 1.82) is 0 Å². The summed E-state index contributed by atoms with van der Waals surface area (Å²) in [5, 5.41) is 10.2. The number of benzene rings is 1. The summed E-state index contributed by atoms with van der Waals surface area (Å²) in [5.74, 6) is -1.20. The van der Waals surface area contributed by atoms with Crippen LogP contribution in [0.15, 0.2) is 24.3 Å². The van der Waals surface area contributed by atoms with Gasteiger partial charge in [0.05, 0.1) is 17.5 Å². The van der Waals surface area contributed by atoms with Crippen LogP contribution in [-0.2, 0) is 16.6 Å². The Hall–Kier alpha value is -2.05. The van der Waals surface area contributed by atoms with Crippen molar-refractivity contribution in [3.8, 4) is 0 Å². The Balaban J connectivity index is 1.91. The predicted octanol–water partition coefficient (Wildman–Crippen LogP) is 2.93. The standard InChI is InChI=1S/C18H21ClN2O4/c1-20-14-7-3-2-6-13(14)16(19)17(20)18(24)21(9-8-15(22)23)11-12-5-4-10-25-12/h2-3,6-7,12H,4-5,8-11H2,1H3,(H,22,23)/t12-/m1/s1. The number of carbonyl (C=O) groups is 2. The molecule has 0 saturated carbocycles. The molecule has 1 N–H and O–H groups in total. The molecule has 1 aromatic carbocycles. The molecule has 3 rings (SSSR count). The number of amides is 1. The van der Waals surface area contributed by atoms with Crippen molar-refractivity contribution in [3.05, 3.63) is 35.0 Å². The third-order valence-electron chi connectivity index (χ3n) is 4.58. The number of carboxylic acid groups (broad SMARTS) is 1. The fraction of sp³-hybridized carbons (Fsp3) is 0.444. The van der Waals surface area contributed by atoms with Crippen molar-refractivity contribution in [2.24, 2.45) is 7.05 Å². The zero-order valence-electron chi connectivity index (χ0n) is 14.1. The number of halogens is 1. The predicted molar refractivity (Wildman–Crippen MR) is 95.1 cm³/mol. The minimum Gasteiger partial charge on any atom is -0.481 e. The number of hydrogen-bond acceptors (Lipinski definition) is 3. The lowest BCUT2D eigenvalue weighted by Gasteiger charge is -2.25. The van der Waals surface area contributed by atoms with Crippen molar-refractivity contribution < 1.29 is 19.4 Å². The second kappa shape index (κ2) is 7.45. The van der Waals surface area contributed by atoms with Gasteiger partial charge in [-0.2, -0.15) is 0 Å². The van der Waals surface area contributed by atoms with Gasteiger partial charge in [-0.25, -0.2) is 0 Å². The molecular formula is C18H21ClN2O4. The molecule has 6 nitrogen and oxygen atoms in total. The number of hydrogen-bond donors (Lipinski definition) is 1. The minimum absolute atomic E-state index is 0.0498. The molecule has 0 radical (unpaired) electrons. The molecular weight excluding hydrogens is 344 g/mol. The molecule has 0 bridgehead atoms. The molecule has 1 fully saturated rings. The first kappa shape index (κ1) is 17.8. The van der Waals surface area contributed by atoms with Gasteiger partial charge in [-0.15, -0.1) is 0 Å². The summed E-state index contributed by atoms with van der Waals surface area (Å²) in [6.45, 7) is 1.19. The Morgan fingerprint density at radius 2 is 2.16 bits per heavy atom. The highest BCUT2D eigenvalue weighted by atomic mass is 35.5. The van der Waals surface area contributed by atoms with Gasteiger partial charge in [-0.05, 0) is 18.9 Å². The zero-order valence-corrected chi connectivity index (χ0v) is 14.8. The number of ether oxygens (including phenoxy) is 1. The van der Waals surface area contributed by atoms with E-state index in [-0.39, 0.29) is 25.0 Å². The second-order valence-electron chi connectivity index (χ2n) is 6.27. The summed E-state index contributed by atoms with van der Waals surface area (Å²) in [4.78, 5) is 25.6. The summed E-state index contributed by atoms with van der Waals surface area (Å²) in [6.07, 6.45) is 1.67. The SMILES string of the molecule is Cn1c(C(=O)N(CCC(=O)O)C[C@H]2CCCO2)c(Cl)c2ccccc21. The lowest BCUT2D eigenvalue weighted by atomic mass is 10.2. The topological polar surface area (TPSA) is 71.8 Å². The first-order valence-electron chi connectivity index (χ1n) is 8.34. The van der Waals surface area contributed by atoms with Gasteiger partial charge in [-0.1, -0.05) is 29.8 Å². The van der Waals surface area contributed by atoms with Crippen LogP contribution in [0.2, 0.25) is 5.02 Å². The number of aliphatic carboxylic acids is 1. The van der Waals surface area contributed by atoms with E-state index < -0.39 is 5.97 Å². The third-order valence-corrected chi connectivity index (χ3v) is 4.96. The maximum absolute atomic E-state index is 13.1. The van der Waals surface area contributed by atoms with Crippen molar-refractivity contribution in [2.45, 2.75) is 25.4 Å². The van der Waals surface area contributed by atoms with E-state index in [1.54, 1.807) is 16.5 Å². The molecule has 1 aromatic heterocycles. The summed E-state index contributed by atoms with van der Waals surface area (Å²) in [7, 11) is 1.79. The van der Waals surface area contributed by atoms with Crippen LogP contribution in [-0.4, -0.2) is 52.3 Å². The zero-order chi connectivity index (χ0) is 18.0. The Kier molecular flexibility index (Phi) is 5.30. The number of rotatable bonds is 6. The van der Waals surface area contributed by atoms with Crippen molar-refractivity contribution in [1.82, 2.24) is 9.47 Å². The number of nitrogens with zero attached hydrogens (tertiary/aromatic N) is 2. The van der Waals surface area contributed by atoms with E-state index in [0.717, 1.165) is 23.7 Å². The molecule has 2 aromatic rings. The van der Waals surface area contributed by atoms with Crippen molar-refractivity contribution >= 4 is 34.4 Å². The summed E-state index contributed by atoms with van der Waals surface area (Å²) >= 11 is 6.46. The monoisotopic (exact) mass is 364 g/mol. The highest BCUT2D eigenvalue weighted by molar-refractivity contribution is 6.38. The molecule has 7 heteroatoms. The highest BCUT2D eigenvalue weighted by Gasteiger charge is 2.28. The largest absolute Gasteiger partial charge is 0.481 e. The number of fused-ring (bicyclic) bond motifs is 1. The maximum Gasteiger partial charge on any atom is 0.305 e. The van der Waals surface area contributed by atoms with E-state index in [1.807, 2.05) is 24.3 Å². The van der Waals surface area contributed by atoms with Gasteiger partial charge in [-0.3, -0.25) is 9.59 Å². The maximum atomic E-state index is 13.1. The van der Waals surface area contributed by atoms with Crippen LogP contribution in [0.25, 0.3) is 10.9 Å². The van der Waals surface area contributed by atoms with E-state index >= 15 is 0 Å². The molecule has 0 unspecified atom stereocenters. The van der Waals surface area contributed by atoms with Crippen LogP contribution >= 0.6 is 11.6 Å². The van der Waals surface area contributed by atoms with Gasteiger partial charge >= 0.3 is 5.97 Å². The van der Waals surface area contributed by atoms with E-state index in [9.17, 15) is 9.59 Å². The van der Waals surface area contributed by atoms with Crippen molar-refractivity contribution in [3.63, 3.8) is 0 Å². The number of carbonyl (C=O) groups excluding carboxylic acids is 1. The van der Waals surface area contributed by atoms with Gasteiger partial charge in [0.2, 0.25) is 0 Å². The summed E-state index contributed by atoms with van der Waals surface area (Å²) in [6, 6.07) is 7.54. The van der Waals surface area contributed by atoms with E-state index in [4.69, 9.17) is 21.4 Å². The fourth-order valence-electron chi connectivity index (χ4n) is 3.27. The van der Waals surface area contributed by atoms with Gasteiger partial charge < -0.3 is 19.3 Å². The Bertz CT molecular complexity index is 757. The summed E-state index contributed by atoms with van der Waals surface area (Å²) in [5.41, 5.74) is 1.25. The van der Waals surface area contributed by atoms with E-state index in [1.165, 1.54) is 0 Å². The molecule has 1 amide bonds. The van der Waals surface area contributed by atoms with Crippen LogP contribution < -0.4 is 0 Å². The molecule has 2 heterocycles. The lowest BCUT2D eigenvalue weighted by Crippen LogP contribution is -2.39. The smallest absolute Gasteiger partial charge is 0.305 e. The molecule has 1 atom stereocenters. The molecule has 0 spiro atoms. The van der Waals surface area contributed by atoms with Crippen molar-refractivity contribution in [2.75, 3.05) is 19.7 Å². The van der Waals surface area contributed by atoms with Crippen LogP contribution in [0, 0.1) is 0 Å². The Labute approximate surface area is 150 Å². The number of aryl methyl sites for hydroxylation is 1. The highest BCUT2D eigenvalue weighted by Crippen LogP contribution is 2.31. The van der Waals surface area contributed by atoms with Gasteiger partial charge in [0, 0.05) is 37.6 Å². The molecule has 1 aliphatic rings. The van der Waals surface area contributed by atoms with Gasteiger partial charge in [0.25, 0.3) is 5.91 Å². The quantitative estimate of drug-likeness (QED) is 0.855.